The summed E-state index contributed by atoms with van der Waals surface area (Å²) in [5.74, 6) is 1.31. The second-order valence-corrected chi connectivity index (χ2v) is 4.78. The van der Waals surface area contributed by atoms with Gasteiger partial charge in [0, 0.05) is 15.3 Å². The molecule has 0 aliphatic carbocycles. The Morgan fingerprint density at radius 3 is 2.38 bits per heavy atom. The maximum Gasteiger partial charge on any atom is 0.0474 e. The first-order valence-corrected chi connectivity index (χ1v) is 6.31. The first-order chi connectivity index (χ1) is 6.26. The quantitative estimate of drug-likeness (QED) is 0.574. The lowest BCUT2D eigenvalue weighted by Crippen LogP contribution is -1.90. The molecule has 0 heterocycles. The van der Waals surface area contributed by atoms with E-state index < -0.39 is 0 Å². The zero-order valence-electron chi connectivity index (χ0n) is 7.19. The van der Waals surface area contributed by atoms with Crippen molar-refractivity contribution in [2.24, 2.45) is 0 Å². The molecule has 0 fully saturated rings. The molecule has 0 amide bonds. The van der Waals surface area contributed by atoms with E-state index in [0.717, 1.165) is 18.7 Å². The number of halogens is 3. The minimum atomic E-state index is 0.588. The van der Waals surface area contributed by atoms with E-state index in [4.69, 9.17) is 23.2 Å². The van der Waals surface area contributed by atoms with Gasteiger partial charge >= 0.3 is 0 Å². The summed E-state index contributed by atoms with van der Waals surface area (Å²) in [6, 6.07) is 6.45. The predicted molar refractivity (Wildman–Crippen MR) is 67.8 cm³/mol. The molecule has 72 valence electrons. The van der Waals surface area contributed by atoms with Crippen LogP contribution in [0.4, 0.5) is 0 Å². The molecule has 0 saturated carbocycles. The van der Waals surface area contributed by atoms with Crippen LogP contribution < -0.4 is 0 Å². The third kappa shape index (κ3) is 4.05. The van der Waals surface area contributed by atoms with Gasteiger partial charge in [-0.15, -0.1) is 23.2 Å². The molecule has 0 nitrogen and oxygen atoms in total. The molecule has 1 aromatic rings. The van der Waals surface area contributed by atoms with Gasteiger partial charge in [0.1, 0.15) is 0 Å². The van der Waals surface area contributed by atoms with Crippen molar-refractivity contribution in [3.8, 4) is 0 Å². The van der Waals surface area contributed by atoms with Crippen molar-refractivity contribution in [1.82, 2.24) is 0 Å². The lowest BCUT2D eigenvalue weighted by molar-refractivity contribution is 0.925. The lowest BCUT2D eigenvalue weighted by Gasteiger charge is -2.03. The Hall–Kier alpha value is 0.530. The van der Waals surface area contributed by atoms with E-state index in [1.54, 1.807) is 0 Å². The van der Waals surface area contributed by atoms with Crippen molar-refractivity contribution in [3.05, 3.63) is 32.9 Å². The molecule has 0 radical (unpaired) electrons. The van der Waals surface area contributed by atoms with Gasteiger partial charge in [0.05, 0.1) is 0 Å². The average Bonchev–Trinajstić information content (AvgIpc) is 2.14. The van der Waals surface area contributed by atoms with Crippen LogP contribution in [0.3, 0.4) is 0 Å². The smallest absolute Gasteiger partial charge is 0.0474 e. The van der Waals surface area contributed by atoms with Crippen molar-refractivity contribution in [2.75, 3.05) is 5.88 Å². The minimum Gasteiger partial charge on any atom is -0.127 e. The van der Waals surface area contributed by atoms with Crippen molar-refractivity contribution >= 4 is 45.8 Å². The number of alkyl halides is 2. The van der Waals surface area contributed by atoms with E-state index in [0.29, 0.717) is 5.88 Å². The molecular formula is C10H11Cl2I. The number of aryl methyl sites for hydroxylation is 1. The Morgan fingerprint density at radius 1 is 1.08 bits per heavy atom. The van der Waals surface area contributed by atoms with Gasteiger partial charge in [0.25, 0.3) is 0 Å². The molecule has 1 rings (SSSR count). The molecule has 0 saturated heterocycles. The highest BCUT2D eigenvalue weighted by Crippen LogP contribution is 2.15. The zero-order valence-corrected chi connectivity index (χ0v) is 10.9. The highest BCUT2D eigenvalue weighted by atomic mass is 127. The van der Waals surface area contributed by atoms with E-state index in [2.05, 4.69) is 40.8 Å². The molecule has 0 atom stereocenters. The summed E-state index contributed by atoms with van der Waals surface area (Å²) in [5.41, 5.74) is 2.53. The van der Waals surface area contributed by atoms with E-state index in [1.807, 2.05) is 0 Å². The maximum atomic E-state index is 5.78. The van der Waals surface area contributed by atoms with Crippen LogP contribution in [0, 0.1) is 3.57 Å². The SMILES string of the molecule is ClCCCc1cc(I)cc(CCl)c1. The molecular weight excluding hydrogens is 318 g/mol. The number of rotatable bonds is 4. The standard InChI is InChI=1S/C10H11Cl2I/c11-3-1-2-8-4-9(7-12)6-10(13)5-8/h4-6H,1-3,7H2. The molecule has 0 bridgehead atoms. The van der Waals surface area contributed by atoms with Crippen LogP contribution in [0.5, 0.6) is 0 Å². The monoisotopic (exact) mass is 328 g/mol. The van der Waals surface area contributed by atoms with Gasteiger partial charge in [-0.2, -0.15) is 0 Å². The van der Waals surface area contributed by atoms with E-state index >= 15 is 0 Å². The molecule has 1 aromatic carbocycles. The Labute approximate surface area is 103 Å². The third-order valence-electron chi connectivity index (χ3n) is 1.77. The third-order valence-corrected chi connectivity index (χ3v) is 2.97. The topological polar surface area (TPSA) is 0 Å². The van der Waals surface area contributed by atoms with E-state index in [9.17, 15) is 0 Å². The summed E-state index contributed by atoms with van der Waals surface area (Å²) in [5, 5.41) is 0. The van der Waals surface area contributed by atoms with Gasteiger partial charge in [0.2, 0.25) is 0 Å². The molecule has 0 aliphatic rings. The van der Waals surface area contributed by atoms with Gasteiger partial charge in [-0.1, -0.05) is 6.07 Å². The number of hydrogen-bond acceptors (Lipinski definition) is 0. The lowest BCUT2D eigenvalue weighted by atomic mass is 10.1. The second-order valence-electron chi connectivity index (χ2n) is 2.89. The molecule has 0 aliphatic heterocycles. The summed E-state index contributed by atoms with van der Waals surface area (Å²) < 4.78 is 1.25. The van der Waals surface area contributed by atoms with Crippen LogP contribution in [-0.2, 0) is 12.3 Å². The highest BCUT2D eigenvalue weighted by Gasteiger charge is 1.98. The van der Waals surface area contributed by atoms with Crippen molar-refractivity contribution in [1.29, 1.82) is 0 Å². The predicted octanol–water partition coefficient (Wildman–Crippen LogP) is 4.20. The first-order valence-electron chi connectivity index (χ1n) is 4.16. The molecule has 0 N–H and O–H groups in total. The fourth-order valence-electron chi connectivity index (χ4n) is 1.21. The summed E-state index contributed by atoms with van der Waals surface area (Å²) >= 11 is 13.7. The molecule has 0 spiro atoms. The van der Waals surface area contributed by atoms with Gasteiger partial charge in [0.15, 0.2) is 0 Å². The number of hydrogen-bond donors (Lipinski definition) is 0. The van der Waals surface area contributed by atoms with Crippen LogP contribution in [0.25, 0.3) is 0 Å². The van der Waals surface area contributed by atoms with Gasteiger partial charge < -0.3 is 0 Å². The Morgan fingerprint density at radius 2 is 1.77 bits per heavy atom. The fourth-order valence-corrected chi connectivity index (χ4v) is 2.30. The van der Waals surface area contributed by atoms with Crippen LogP contribution in [0.15, 0.2) is 18.2 Å². The summed E-state index contributed by atoms with van der Waals surface area (Å²) in [6.45, 7) is 0. The van der Waals surface area contributed by atoms with Crippen LogP contribution in [0.2, 0.25) is 0 Å². The maximum absolute atomic E-state index is 5.78. The highest BCUT2D eigenvalue weighted by molar-refractivity contribution is 14.1. The molecule has 3 heteroatoms. The van der Waals surface area contributed by atoms with Gasteiger partial charge in [-0.3, -0.25) is 0 Å². The van der Waals surface area contributed by atoms with Crippen molar-refractivity contribution in [2.45, 2.75) is 18.7 Å². The molecule has 0 unspecified atom stereocenters. The van der Waals surface area contributed by atoms with E-state index in [-0.39, 0.29) is 0 Å². The fraction of sp³-hybridized carbons (Fsp3) is 0.400. The summed E-state index contributed by atoms with van der Waals surface area (Å²) in [4.78, 5) is 0. The Bertz CT molecular complexity index is 274. The zero-order chi connectivity index (χ0) is 9.68. The Balaban J connectivity index is 2.76. The Kier molecular flexibility index (Phi) is 5.44. The van der Waals surface area contributed by atoms with Crippen LogP contribution >= 0.6 is 45.8 Å². The number of benzene rings is 1. The van der Waals surface area contributed by atoms with E-state index in [1.165, 1.54) is 14.7 Å². The summed E-state index contributed by atoms with van der Waals surface area (Å²) in [6.07, 6.45) is 2.08. The van der Waals surface area contributed by atoms with Crippen molar-refractivity contribution < 1.29 is 0 Å². The van der Waals surface area contributed by atoms with Crippen LogP contribution in [0.1, 0.15) is 17.5 Å². The van der Waals surface area contributed by atoms with Crippen LogP contribution in [-0.4, -0.2) is 5.88 Å². The first kappa shape index (κ1) is 11.6. The minimum absolute atomic E-state index is 0.588. The van der Waals surface area contributed by atoms with Crippen molar-refractivity contribution in [3.63, 3.8) is 0 Å². The normalized spacial score (nSPS) is 10.4. The largest absolute Gasteiger partial charge is 0.127 e. The average molecular weight is 329 g/mol. The van der Waals surface area contributed by atoms with Gasteiger partial charge in [-0.25, -0.2) is 0 Å². The molecule has 13 heavy (non-hydrogen) atoms. The summed E-state index contributed by atoms with van der Waals surface area (Å²) in [7, 11) is 0. The second kappa shape index (κ2) is 6.10. The molecule has 0 aromatic heterocycles. The van der Waals surface area contributed by atoms with Gasteiger partial charge in [-0.05, 0) is 58.7 Å².